The van der Waals surface area contributed by atoms with Crippen molar-refractivity contribution in [2.45, 2.75) is 60.4 Å². The Morgan fingerprint density at radius 3 is 2.43 bits per heavy atom. The van der Waals surface area contributed by atoms with Crippen molar-refractivity contribution in [1.29, 1.82) is 0 Å². The van der Waals surface area contributed by atoms with E-state index >= 15 is 0 Å². The van der Waals surface area contributed by atoms with Crippen LogP contribution in [0.3, 0.4) is 0 Å². The van der Waals surface area contributed by atoms with Crippen molar-refractivity contribution in [3.63, 3.8) is 0 Å². The molecule has 3 nitrogen and oxygen atoms in total. The highest BCUT2D eigenvalue weighted by atomic mass is 16.1. The maximum atomic E-state index is 11.9. The zero-order valence-corrected chi connectivity index (χ0v) is 14.3. The molecule has 0 aliphatic carbocycles. The standard InChI is InChI=1S/C18H30N2O/c1-7-11-19-15-12-13(3)9-10-14(15)17(18(4,5)6)20-16(21)8-2/h9-10,12,17,19H,7-8,11H2,1-6H3,(H,20,21). The van der Waals surface area contributed by atoms with E-state index in [0.29, 0.717) is 6.42 Å². The Kier molecular flexibility index (Phi) is 6.25. The molecule has 0 heterocycles. The van der Waals surface area contributed by atoms with Gasteiger partial charge in [0, 0.05) is 18.7 Å². The van der Waals surface area contributed by atoms with E-state index in [2.05, 4.69) is 63.5 Å². The summed E-state index contributed by atoms with van der Waals surface area (Å²) in [7, 11) is 0. The predicted molar refractivity (Wildman–Crippen MR) is 90.6 cm³/mol. The highest BCUT2D eigenvalue weighted by molar-refractivity contribution is 5.76. The largest absolute Gasteiger partial charge is 0.385 e. The van der Waals surface area contributed by atoms with Gasteiger partial charge in [0.1, 0.15) is 0 Å². The van der Waals surface area contributed by atoms with E-state index in [1.807, 2.05) is 6.92 Å². The molecule has 0 aromatic heterocycles. The molecule has 1 unspecified atom stereocenters. The van der Waals surface area contributed by atoms with Crippen LogP contribution < -0.4 is 10.6 Å². The predicted octanol–water partition coefficient (Wildman–Crippen LogP) is 4.43. The molecule has 1 amide bonds. The molecule has 0 saturated heterocycles. The van der Waals surface area contributed by atoms with Gasteiger partial charge in [-0.1, -0.05) is 46.8 Å². The van der Waals surface area contributed by atoms with Crippen LogP contribution in [-0.2, 0) is 4.79 Å². The average molecular weight is 290 g/mol. The van der Waals surface area contributed by atoms with Crippen LogP contribution in [0, 0.1) is 12.3 Å². The summed E-state index contributed by atoms with van der Waals surface area (Å²) in [6.07, 6.45) is 1.59. The third-order valence-corrected chi connectivity index (χ3v) is 3.58. The van der Waals surface area contributed by atoms with Crippen molar-refractivity contribution in [3.8, 4) is 0 Å². The first-order valence-corrected chi connectivity index (χ1v) is 7.93. The number of anilines is 1. The summed E-state index contributed by atoms with van der Waals surface area (Å²) < 4.78 is 0. The van der Waals surface area contributed by atoms with Crippen molar-refractivity contribution < 1.29 is 4.79 Å². The number of aryl methyl sites for hydroxylation is 1. The van der Waals surface area contributed by atoms with Crippen molar-refractivity contribution in [3.05, 3.63) is 29.3 Å². The molecule has 3 heteroatoms. The quantitative estimate of drug-likeness (QED) is 0.813. The number of amides is 1. The molecule has 0 fully saturated rings. The number of nitrogens with one attached hydrogen (secondary N) is 2. The van der Waals surface area contributed by atoms with Gasteiger partial charge in [-0.05, 0) is 36.0 Å². The second-order valence-electron chi connectivity index (χ2n) is 6.74. The van der Waals surface area contributed by atoms with Gasteiger partial charge in [-0.25, -0.2) is 0 Å². The molecule has 0 radical (unpaired) electrons. The van der Waals surface area contributed by atoms with Crippen molar-refractivity contribution in [2.24, 2.45) is 5.41 Å². The minimum absolute atomic E-state index is 0.00454. The van der Waals surface area contributed by atoms with Gasteiger partial charge in [0.15, 0.2) is 0 Å². The van der Waals surface area contributed by atoms with Crippen LogP contribution in [0.4, 0.5) is 5.69 Å². The third kappa shape index (κ3) is 5.07. The summed E-state index contributed by atoms with van der Waals surface area (Å²) in [5.41, 5.74) is 3.49. The Hall–Kier alpha value is -1.51. The Labute approximate surface area is 129 Å². The van der Waals surface area contributed by atoms with Crippen LogP contribution in [0.5, 0.6) is 0 Å². The number of hydrogen-bond donors (Lipinski definition) is 2. The van der Waals surface area contributed by atoms with Crippen LogP contribution in [0.25, 0.3) is 0 Å². The van der Waals surface area contributed by atoms with Gasteiger partial charge in [-0.3, -0.25) is 4.79 Å². The maximum absolute atomic E-state index is 11.9. The highest BCUT2D eigenvalue weighted by Gasteiger charge is 2.29. The Morgan fingerprint density at radius 1 is 1.24 bits per heavy atom. The maximum Gasteiger partial charge on any atom is 0.220 e. The molecule has 0 spiro atoms. The first kappa shape index (κ1) is 17.5. The molecule has 1 aromatic carbocycles. The summed E-state index contributed by atoms with van der Waals surface area (Å²) in [6, 6.07) is 6.43. The lowest BCUT2D eigenvalue weighted by Gasteiger charge is -2.33. The molecule has 1 rings (SSSR count). The number of rotatable bonds is 6. The zero-order chi connectivity index (χ0) is 16.0. The van der Waals surface area contributed by atoms with E-state index in [9.17, 15) is 4.79 Å². The second kappa shape index (κ2) is 7.48. The van der Waals surface area contributed by atoms with Crippen LogP contribution in [0.2, 0.25) is 0 Å². The summed E-state index contributed by atoms with van der Waals surface area (Å²) in [6.45, 7) is 13.6. The van der Waals surface area contributed by atoms with Crippen LogP contribution in [-0.4, -0.2) is 12.5 Å². The summed E-state index contributed by atoms with van der Waals surface area (Å²) >= 11 is 0. The van der Waals surface area contributed by atoms with Crippen LogP contribution in [0.15, 0.2) is 18.2 Å². The molecule has 1 atom stereocenters. The van der Waals surface area contributed by atoms with E-state index in [1.165, 1.54) is 11.1 Å². The smallest absolute Gasteiger partial charge is 0.220 e. The molecule has 0 bridgehead atoms. The van der Waals surface area contributed by atoms with Crippen molar-refractivity contribution in [2.75, 3.05) is 11.9 Å². The fourth-order valence-electron chi connectivity index (χ4n) is 2.36. The van der Waals surface area contributed by atoms with Gasteiger partial charge in [0.25, 0.3) is 0 Å². The normalized spacial score (nSPS) is 12.9. The van der Waals surface area contributed by atoms with E-state index < -0.39 is 0 Å². The summed E-state index contributed by atoms with van der Waals surface area (Å²) in [5.74, 6) is 0.0944. The number of benzene rings is 1. The number of carbonyl (C=O) groups excluding carboxylic acids is 1. The molecule has 1 aromatic rings. The van der Waals surface area contributed by atoms with Crippen LogP contribution in [0.1, 0.15) is 64.6 Å². The average Bonchev–Trinajstić information content (AvgIpc) is 2.41. The first-order valence-electron chi connectivity index (χ1n) is 7.93. The Morgan fingerprint density at radius 2 is 1.90 bits per heavy atom. The van der Waals surface area contributed by atoms with E-state index in [1.54, 1.807) is 0 Å². The zero-order valence-electron chi connectivity index (χ0n) is 14.3. The highest BCUT2D eigenvalue weighted by Crippen LogP contribution is 2.37. The first-order chi connectivity index (χ1) is 9.79. The lowest BCUT2D eigenvalue weighted by Crippen LogP contribution is -2.36. The molecule has 2 N–H and O–H groups in total. The second-order valence-corrected chi connectivity index (χ2v) is 6.74. The molecule has 0 aliphatic rings. The molecule has 118 valence electrons. The third-order valence-electron chi connectivity index (χ3n) is 3.58. The Balaban J connectivity index is 3.19. The van der Waals surface area contributed by atoms with E-state index in [-0.39, 0.29) is 17.4 Å². The van der Waals surface area contributed by atoms with E-state index in [0.717, 1.165) is 18.7 Å². The minimum atomic E-state index is -0.0390. The van der Waals surface area contributed by atoms with Gasteiger partial charge in [0.2, 0.25) is 5.91 Å². The SMILES string of the molecule is CCCNc1cc(C)ccc1C(NC(=O)CC)C(C)(C)C. The lowest BCUT2D eigenvalue weighted by atomic mass is 9.81. The molecular formula is C18H30N2O. The number of hydrogen-bond acceptors (Lipinski definition) is 2. The summed E-state index contributed by atoms with van der Waals surface area (Å²) in [4.78, 5) is 11.9. The van der Waals surface area contributed by atoms with Gasteiger partial charge in [-0.2, -0.15) is 0 Å². The lowest BCUT2D eigenvalue weighted by molar-refractivity contribution is -0.122. The van der Waals surface area contributed by atoms with Gasteiger partial charge in [-0.15, -0.1) is 0 Å². The Bertz CT molecular complexity index is 475. The van der Waals surface area contributed by atoms with Crippen LogP contribution >= 0.6 is 0 Å². The van der Waals surface area contributed by atoms with Gasteiger partial charge >= 0.3 is 0 Å². The van der Waals surface area contributed by atoms with Gasteiger partial charge in [0.05, 0.1) is 6.04 Å². The molecule has 0 aliphatic heterocycles. The monoisotopic (exact) mass is 290 g/mol. The molecule has 21 heavy (non-hydrogen) atoms. The fraction of sp³-hybridized carbons (Fsp3) is 0.611. The minimum Gasteiger partial charge on any atom is -0.385 e. The van der Waals surface area contributed by atoms with E-state index in [4.69, 9.17) is 0 Å². The molecule has 0 saturated carbocycles. The number of carbonyl (C=O) groups is 1. The fourth-order valence-corrected chi connectivity index (χ4v) is 2.36. The topological polar surface area (TPSA) is 41.1 Å². The van der Waals surface area contributed by atoms with Crippen molar-refractivity contribution in [1.82, 2.24) is 5.32 Å². The summed E-state index contributed by atoms with van der Waals surface area (Å²) in [5, 5.41) is 6.68. The molecular weight excluding hydrogens is 260 g/mol. The van der Waals surface area contributed by atoms with Crippen molar-refractivity contribution >= 4 is 11.6 Å². The van der Waals surface area contributed by atoms with Gasteiger partial charge < -0.3 is 10.6 Å².